The van der Waals surface area contributed by atoms with E-state index in [0.717, 1.165) is 11.3 Å². The summed E-state index contributed by atoms with van der Waals surface area (Å²) in [7, 11) is -3.54. The molecule has 2 atom stereocenters. The van der Waals surface area contributed by atoms with Gasteiger partial charge in [0, 0.05) is 18.1 Å². The Morgan fingerprint density at radius 1 is 1.63 bits per heavy atom. The van der Waals surface area contributed by atoms with Gasteiger partial charge in [0.15, 0.2) is 8.68 Å². The fourth-order valence-electron chi connectivity index (χ4n) is 2.18. The fourth-order valence-corrected chi connectivity index (χ4v) is 4.89. The molecule has 1 aromatic rings. The molecule has 8 heteroatoms. The van der Waals surface area contributed by atoms with Gasteiger partial charge in [-0.1, -0.05) is 36.8 Å². The predicted molar refractivity (Wildman–Crippen MR) is 75.0 cm³/mol. The molecule has 2 rings (SSSR count). The van der Waals surface area contributed by atoms with E-state index in [1.807, 2.05) is 20.8 Å². The summed E-state index contributed by atoms with van der Waals surface area (Å²) in [5.41, 5.74) is -0.211. The molecule has 0 aliphatic heterocycles. The maximum atomic E-state index is 12.2. The van der Waals surface area contributed by atoms with Crippen LogP contribution >= 0.6 is 22.9 Å². The lowest BCUT2D eigenvalue weighted by Crippen LogP contribution is -2.61. The second-order valence-corrected chi connectivity index (χ2v) is 8.66. The van der Waals surface area contributed by atoms with Crippen LogP contribution in [0.25, 0.3) is 0 Å². The van der Waals surface area contributed by atoms with Crippen LogP contribution in [0.3, 0.4) is 0 Å². The molecule has 0 spiro atoms. The first-order chi connectivity index (χ1) is 8.77. The number of hydrogen-bond donors (Lipinski definition) is 1. The van der Waals surface area contributed by atoms with Gasteiger partial charge in [-0.05, 0) is 13.3 Å². The highest BCUT2D eigenvalue weighted by atomic mass is 35.5. The van der Waals surface area contributed by atoms with Crippen molar-refractivity contribution in [2.45, 2.75) is 43.5 Å². The van der Waals surface area contributed by atoms with E-state index in [2.05, 4.69) is 9.71 Å². The second kappa shape index (κ2) is 5.29. The Balaban J connectivity index is 2.07. The van der Waals surface area contributed by atoms with Gasteiger partial charge in [-0.2, -0.15) is 0 Å². The molecule has 1 aromatic heterocycles. The summed E-state index contributed by atoms with van der Waals surface area (Å²) in [5, 5.41) is 0. The van der Waals surface area contributed by atoms with Gasteiger partial charge in [-0.25, -0.2) is 18.1 Å². The molecule has 1 aliphatic rings. The number of ether oxygens (including phenoxy) is 1. The summed E-state index contributed by atoms with van der Waals surface area (Å²) in [4.78, 5) is 3.75. The van der Waals surface area contributed by atoms with Crippen molar-refractivity contribution in [1.29, 1.82) is 0 Å². The monoisotopic (exact) mass is 324 g/mol. The standard InChI is InChI=1S/C11H17ClN2O3S2/c1-4-17-8-5-7(11(8,2)3)14-19(15,16)9-6-13-10(12)18-9/h6-8,14H,4-5H2,1-3H3. The van der Waals surface area contributed by atoms with E-state index in [9.17, 15) is 8.42 Å². The van der Waals surface area contributed by atoms with Crippen LogP contribution in [0.2, 0.25) is 4.47 Å². The molecule has 0 radical (unpaired) electrons. The molecule has 19 heavy (non-hydrogen) atoms. The minimum Gasteiger partial charge on any atom is -0.378 e. The van der Waals surface area contributed by atoms with Crippen LogP contribution < -0.4 is 4.72 Å². The van der Waals surface area contributed by atoms with E-state index < -0.39 is 10.0 Å². The first-order valence-corrected chi connectivity index (χ1v) is 8.70. The van der Waals surface area contributed by atoms with E-state index in [0.29, 0.717) is 13.0 Å². The second-order valence-electron chi connectivity index (χ2n) is 5.11. The topological polar surface area (TPSA) is 68.3 Å². The first-order valence-electron chi connectivity index (χ1n) is 6.02. The number of halogens is 1. The van der Waals surface area contributed by atoms with E-state index in [1.54, 1.807) is 0 Å². The number of aromatic nitrogens is 1. The van der Waals surface area contributed by atoms with E-state index >= 15 is 0 Å². The van der Waals surface area contributed by atoms with Crippen molar-refractivity contribution in [3.8, 4) is 0 Å². The number of nitrogens with one attached hydrogen (secondary N) is 1. The summed E-state index contributed by atoms with van der Waals surface area (Å²) >= 11 is 6.62. The number of rotatable bonds is 5. The fraction of sp³-hybridized carbons (Fsp3) is 0.727. The lowest BCUT2D eigenvalue weighted by Gasteiger charge is -2.51. The number of sulfonamides is 1. The van der Waals surface area contributed by atoms with Crippen molar-refractivity contribution in [2.24, 2.45) is 5.41 Å². The van der Waals surface area contributed by atoms with Crippen molar-refractivity contribution in [3.05, 3.63) is 10.7 Å². The summed E-state index contributed by atoms with van der Waals surface area (Å²) in [6, 6.07) is -0.130. The highest BCUT2D eigenvalue weighted by Crippen LogP contribution is 2.43. The van der Waals surface area contributed by atoms with Crippen LogP contribution in [-0.2, 0) is 14.8 Å². The zero-order valence-electron chi connectivity index (χ0n) is 11.0. The van der Waals surface area contributed by atoms with E-state index in [-0.39, 0.29) is 26.2 Å². The Morgan fingerprint density at radius 2 is 2.32 bits per heavy atom. The highest BCUT2D eigenvalue weighted by molar-refractivity contribution is 7.91. The number of nitrogens with zero attached hydrogens (tertiary/aromatic N) is 1. The maximum Gasteiger partial charge on any atom is 0.251 e. The molecule has 0 amide bonds. The van der Waals surface area contributed by atoms with Gasteiger partial charge in [0.1, 0.15) is 0 Å². The Labute approximate surface area is 122 Å². The summed E-state index contributed by atoms with van der Waals surface area (Å²) in [6.45, 7) is 6.58. The van der Waals surface area contributed by atoms with Crippen molar-refractivity contribution < 1.29 is 13.2 Å². The van der Waals surface area contributed by atoms with Gasteiger partial charge in [-0.15, -0.1) is 0 Å². The third-order valence-electron chi connectivity index (χ3n) is 3.56. The van der Waals surface area contributed by atoms with Crippen LogP contribution in [0.5, 0.6) is 0 Å². The van der Waals surface area contributed by atoms with E-state index in [4.69, 9.17) is 16.3 Å². The molecule has 0 bridgehead atoms. The van der Waals surface area contributed by atoms with E-state index in [1.165, 1.54) is 6.20 Å². The smallest absolute Gasteiger partial charge is 0.251 e. The molecular weight excluding hydrogens is 308 g/mol. The molecule has 108 valence electrons. The van der Waals surface area contributed by atoms with Gasteiger partial charge in [0.25, 0.3) is 10.0 Å². The van der Waals surface area contributed by atoms with Crippen LogP contribution in [-0.4, -0.2) is 32.2 Å². The van der Waals surface area contributed by atoms with Gasteiger partial charge in [0.2, 0.25) is 0 Å². The zero-order chi connectivity index (χ0) is 14.3. The van der Waals surface area contributed by atoms with Gasteiger partial charge in [-0.3, -0.25) is 0 Å². The molecule has 0 saturated heterocycles. The number of thiazole rings is 1. The average molecular weight is 325 g/mol. The summed E-state index contributed by atoms with van der Waals surface area (Å²) in [5.74, 6) is 0. The normalized spacial score (nSPS) is 26.1. The SMILES string of the molecule is CCOC1CC(NS(=O)(=O)c2cnc(Cl)s2)C1(C)C. The third-order valence-corrected chi connectivity index (χ3v) is 6.61. The predicted octanol–water partition coefficient (Wildman–Crippen LogP) is 2.28. The van der Waals surface area contributed by atoms with Gasteiger partial charge >= 0.3 is 0 Å². The van der Waals surface area contributed by atoms with Crippen LogP contribution in [0, 0.1) is 5.41 Å². The lowest BCUT2D eigenvalue weighted by molar-refractivity contribution is -0.108. The maximum absolute atomic E-state index is 12.2. The molecule has 1 N–H and O–H groups in total. The largest absolute Gasteiger partial charge is 0.378 e. The summed E-state index contributed by atoms with van der Waals surface area (Å²) in [6.07, 6.45) is 2.06. The Kier molecular flexibility index (Phi) is 4.23. The molecule has 5 nitrogen and oxygen atoms in total. The van der Waals surface area contributed by atoms with Crippen molar-refractivity contribution in [2.75, 3.05) is 6.61 Å². The molecule has 0 aromatic carbocycles. The minimum atomic E-state index is -3.54. The van der Waals surface area contributed by atoms with Gasteiger partial charge < -0.3 is 4.74 Å². The first kappa shape index (κ1) is 15.2. The van der Waals surface area contributed by atoms with Gasteiger partial charge in [0.05, 0.1) is 12.3 Å². The van der Waals surface area contributed by atoms with Crippen molar-refractivity contribution >= 4 is 33.0 Å². The molecular formula is C11H17ClN2O3S2. The number of hydrogen-bond acceptors (Lipinski definition) is 5. The molecule has 2 unspecified atom stereocenters. The Morgan fingerprint density at radius 3 is 2.79 bits per heavy atom. The van der Waals surface area contributed by atoms with Crippen LogP contribution in [0.4, 0.5) is 0 Å². The van der Waals surface area contributed by atoms with Crippen molar-refractivity contribution in [3.63, 3.8) is 0 Å². The summed E-state index contributed by atoms with van der Waals surface area (Å²) < 4.78 is 33.0. The Hall–Kier alpha value is -0.210. The molecule has 1 saturated carbocycles. The average Bonchev–Trinajstić information content (AvgIpc) is 2.75. The molecule has 1 aliphatic carbocycles. The van der Waals surface area contributed by atoms with Crippen LogP contribution in [0.1, 0.15) is 27.2 Å². The molecule has 1 fully saturated rings. The lowest BCUT2D eigenvalue weighted by atomic mass is 9.65. The Bertz CT molecular complexity index is 556. The molecule has 1 heterocycles. The van der Waals surface area contributed by atoms with Crippen LogP contribution in [0.15, 0.2) is 10.4 Å². The zero-order valence-corrected chi connectivity index (χ0v) is 13.4. The quantitative estimate of drug-likeness (QED) is 0.902. The van der Waals surface area contributed by atoms with Crippen molar-refractivity contribution in [1.82, 2.24) is 9.71 Å². The minimum absolute atomic E-state index is 0.0928. The third kappa shape index (κ3) is 2.95. The highest BCUT2D eigenvalue weighted by Gasteiger charge is 2.50.